The molecule has 0 radical (unpaired) electrons. The van der Waals surface area contributed by atoms with E-state index in [-0.39, 0.29) is 17.7 Å². The van der Waals surface area contributed by atoms with Crippen molar-refractivity contribution in [1.82, 2.24) is 19.6 Å². The summed E-state index contributed by atoms with van der Waals surface area (Å²) in [6.07, 6.45) is 7.35. The van der Waals surface area contributed by atoms with Crippen LogP contribution in [-0.4, -0.2) is 64.7 Å². The number of nitrogens with zero attached hydrogens (tertiary/aromatic N) is 4. The number of methoxy groups -OCH3 is 1. The zero-order chi connectivity index (χ0) is 23.5. The zero-order valence-corrected chi connectivity index (χ0v) is 19.3. The van der Waals surface area contributed by atoms with Crippen molar-refractivity contribution in [3.8, 4) is 22.7 Å². The molecule has 2 fully saturated rings. The Morgan fingerprint density at radius 3 is 2.32 bits per heavy atom. The SMILES string of the molecule is COc1ccccc1-c1nn(-c2ccccc2)cc1C=CC(=O)N1CCN(C(=O)C2CC2)CC1. The van der Waals surface area contributed by atoms with Gasteiger partial charge in [0.1, 0.15) is 11.4 Å². The van der Waals surface area contributed by atoms with E-state index in [2.05, 4.69) is 0 Å². The molecule has 0 N–H and O–H groups in total. The average Bonchev–Trinajstić information content (AvgIpc) is 3.66. The van der Waals surface area contributed by atoms with Crippen molar-refractivity contribution in [2.45, 2.75) is 12.8 Å². The molecule has 2 amide bonds. The van der Waals surface area contributed by atoms with E-state index in [1.165, 1.54) is 0 Å². The van der Waals surface area contributed by atoms with Gasteiger partial charge in [0.05, 0.1) is 12.8 Å². The van der Waals surface area contributed by atoms with Gasteiger partial charge in [-0.2, -0.15) is 5.10 Å². The number of hydrogen-bond acceptors (Lipinski definition) is 4. The number of piperazine rings is 1. The van der Waals surface area contributed by atoms with E-state index in [1.54, 1.807) is 18.1 Å². The van der Waals surface area contributed by atoms with Gasteiger partial charge in [-0.1, -0.05) is 30.3 Å². The van der Waals surface area contributed by atoms with Gasteiger partial charge < -0.3 is 14.5 Å². The van der Waals surface area contributed by atoms with Gasteiger partial charge in [-0.3, -0.25) is 9.59 Å². The molecule has 0 spiro atoms. The molecule has 2 aromatic carbocycles. The minimum Gasteiger partial charge on any atom is -0.496 e. The highest BCUT2D eigenvalue weighted by molar-refractivity contribution is 5.93. The highest BCUT2D eigenvalue weighted by Crippen LogP contribution is 2.33. The van der Waals surface area contributed by atoms with Crippen LogP contribution >= 0.6 is 0 Å². The molecule has 0 bridgehead atoms. The van der Waals surface area contributed by atoms with Crippen LogP contribution in [0.3, 0.4) is 0 Å². The molecule has 2 heterocycles. The smallest absolute Gasteiger partial charge is 0.246 e. The van der Waals surface area contributed by atoms with Crippen LogP contribution in [0.15, 0.2) is 66.9 Å². The maximum absolute atomic E-state index is 12.9. The molecule has 7 heteroatoms. The number of hydrogen-bond donors (Lipinski definition) is 0. The monoisotopic (exact) mass is 456 g/mol. The summed E-state index contributed by atoms with van der Waals surface area (Å²) < 4.78 is 7.37. The molecule has 3 aromatic rings. The zero-order valence-electron chi connectivity index (χ0n) is 19.3. The van der Waals surface area contributed by atoms with E-state index < -0.39 is 0 Å². The second kappa shape index (κ2) is 9.55. The first kappa shape index (κ1) is 21.9. The minimum absolute atomic E-state index is 0.0584. The van der Waals surface area contributed by atoms with Gasteiger partial charge in [0.25, 0.3) is 0 Å². The van der Waals surface area contributed by atoms with E-state index in [9.17, 15) is 9.59 Å². The van der Waals surface area contributed by atoms with Gasteiger partial charge >= 0.3 is 0 Å². The summed E-state index contributed by atoms with van der Waals surface area (Å²) in [5.41, 5.74) is 3.36. The molecule has 2 aliphatic rings. The van der Waals surface area contributed by atoms with Crippen molar-refractivity contribution >= 4 is 17.9 Å². The van der Waals surface area contributed by atoms with Gasteiger partial charge in [0.15, 0.2) is 0 Å². The quantitative estimate of drug-likeness (QED) is 0.531. The molecule has 0 atom stereocenters. The molecule has 7 nitrogen and oxygen atoms in total. The van der Waals surface area contributed by atoms with Gasteiger partial charge in [-0.15, -0.1) is 0 Å². The van der Waals surface area contributed by atoms with Crippen molar-refractivity contribution in [2.75, 3.05) is 33.3 Å². The highest BCUT2D eigenvalue weighted by atomic mass is 16.5. The van der Waals surface area contributed by atoms with Crippen molar-refractivity contribution in [3.63, 3.8) is 0 Å². The summed E-state index contributed by atoms with van der Waals surface area (Å²) in [7, 11) is 1.64. The third-order valence-corrected chi connectivity index (χ3v) is 6.36. The van der Waals surface area contributed by atoms with E-state index >= 15 is 0 Å². The molecule has 5 rings (SSSR count). The molecular weight excluding hydrogens is 428 g/mol. The molecule has 0 unspecified atom stereocenters. The van der Waals surface area contributed by atoms with Gasteiger partial charge in [-0.25, -0.2) is 4.68 Å². The maximum Gasteiger partial charge on any atom is 0.246 e. The summed E-state index contributed by atoms with van der Waals surface area (Å²) in [4.78, 5) is 28.9. The Morgan fingerprint density at radius 2 is 1.62 bits per heavy atom. The number of rotatable bonds is 6. The fraction of sp³-hybridized carbons (Fsp3) is 0.296. The van der Waals surface area contributed by atoms with Crippen LogP contribution in [0, 0.1) is 5.92 Å². The van der Waals surface area contributed by atoms with Gasteiger partial charge in [0, 0.05) is 55.5 Å². The Labute approximate surface area is 199 Å². The number of carbonyl (C=O) groups excluding carboxylic acids is 2. The predicted octanol–water partition coefficient (Wildman–Crippen LogP) is 3.64. The number of amides is 2. The lowest BCUT2D eigenvalue weighted by Gasteiger charge is -2.34. The first-order valence-corrected chi connectivity index (χ1v) is 11.7. The molecule has 1 saturated carbocycles. The summed E-state index contributed by atoms with van der Waals surface area (Å²) in [5.74, 6) is 1.13. The average molecular weight is 457 g/mol. The van der Waals surface area contributed by atoms with Crippen molar-refractivity contribution in [2.24, 2.45) is 5.92 Å². The fourth-order valence-electron chi connectivity index (χ4n) is 4.27. The van der Waals surface area contributed by atoms with Crippen LogP contribution in [0.4, 0.5) is 0 Å². The molecule has 1 aliphatic carbocycles. The molecule has 174 valence electrons. The minimum atomic E-state index is -0.0584. The van der Waals surface area contributed by atoms with Crippen molar-refractivity contribution in [3.05, 3.63) is 72.4 Å². The maximum atomic E-state index is 12.9. The van der Waals surface area contributed by atoms with Crippen LogP contribution in [0.25, 0.3) is 23.0 Å². The largest absolute Gasteiger partial charge is 0.496 e. The van der Waals surface area contributed by atoms with Crippen LogP contribution in [0.5, 0.6) is 5.75 Å². The Bertz CT molecular complexity index is 1210. The Hall–Kier alpha value is -3.87. The molecule has 1 saturated heterocycles. The summed E-state index contributed by atoms with van der Waals surface area (Å²) in [6, 6.07) is 17.6. The normalized spacial score (nSPS) is 16.1. The lowest BCUT2D eigenvalue weighted by atomic mass is 10.1. The van der Waals surface area contributed by atoms with Gasteiger partial charge in [0.2, 0.25) is 11.8 Å². The number of benzene rings is 2. The molecule has 34 heavy (non-hydrogen) atoms. The number of ether oxygens (including phenoxy) is 1. The third kappa shape index (κ3) is 4.59. The molecule has 1 aromatic heterocycles. The van der Waals surface area contributed by atoms with Crippen LogP contribution < -0.4 is 4.74 Å². The highest BCUT2D eigenvalue weighted by Gasteiger charge is 2.35. The van der Waals surface area contributed by atoms with Gasteiger partial charge in [-0.05, 0) is 43.2 Å². The van der Waals surface area contributed by atoms with Crippen LogP contribution in [0.1, 0.15) is 18.4 Å². The number of aromatic nitrogens is 2. The van der Waals surface area contributed by atoms with E-state index in [0.717, 1.165) is 41.1 Å². The van der Waals surface area contributed by atoms with Crippen molar-refractivity contribution in [1.29, 1.82) is 0 Å². The Balaban J connectivity index is 1.37. The topological polar surface area (TPSA) is 67.7 Å². The first-order chi connectivity index (χ1) is 16.6. The Kier molecular flexibility index (Phi) is 6.16. The number of para-hydroxylation sites is 2. The predicted molar refractivity (Wildman–Crippen MR) is 130 cm³/mol. The molecule has 1 aliphatic heterocycles. The van der Waals surface area contributed by atoms with Crippen LogP contribution in [-0.2, 0) is 9.59 Å². The summed E-state index contributed by atoms with van der Waals surface area (Å²) in [5, 5.41) is 4.82. The third-order valence-electron chi connectivity index (χ3n) is 6.36. The van der Waals surface area contributed by atoms with E-state index in [0.29, 0.717) is 26.2 Å². The second-order valence-corrected chi connectivity index (χ2v) is 8.67. The second-order valence-electron chi connectivity index (χ2n) is 8.67. The van der Waals surface area contributed by atoms with E-state index in [1.807, 2.05) is 76.5 Å². The first-order valence-electron chi connectivity index (χ1n) is 11.7. The Morgan fingerprint density at radius 1 is 0.941 bits per heavy atom. The fourth-order valence-corrected chi connectivity index (χ4v) is 4.27. The molecular formula is C27H28N4O3. The standard InChI is InChI=1S/C27H28N4O3/c1-34-24-10-6-5-9-23(24)26-21(19-31(28-26)22-7-3-2-4-8-22)13-14-25(32)29-15-17-30(18-16-29)27(33)20-11-12-20/h2-10,13-14,19-20H,11-12,15-18H2,1H3. The number of carbonyl (C=O) groups is 2. The summed E-state index contributed by atoms with van der Waals surface area (Å²) in [6.45, 7) is 2.33. The summed E-state index contributed by atoms with van der Waals surface area (Å²) >= 11 is 0. The lowest BCUT2D eigenvalue weighted by molar-refractivity contribution is -0.138. The van der Waals surface area contributed by atoms with Crippen molar-refractivity contribution < 1.29 is 14.3 Å². The lowest BCUT2D eigenvalue weighted by Crippen LogP contribution is -2.50. The van der Waals surface area contributed by atoms with Crippen LogP contribution in [0.2, 0.25) is 0 Å². The van der Waals surface area contributed by atoms with E-state index in [4.69, 9.17) is 9.84 Å².